The predicted octanol–water partition coefficient (Wildman–Crippen LogP) is 4.09. The number of hydrogen-bond donors (Lipinski definition) is 1. The first-order valence-electron chi connectivity index (χ1n) is 5.89. The third kappa shape index (κ3) is 3.95. The van der Waals surface area contributed by atoms with Gasteiger partial charge in [0, 0.05) is 17.8 Å². The number of hydrogen-bond acceptors (Lipinski definition) is 2. The number of nitrogens with one attached hydrogen (secondary N) is 1. The van der Waals surface area contributed by atoms with E-state index in [2.05, 4.69) is 10.3 Å². The van der Waals surface area contributed by atoms with Crippen LogP contribution >= 0.6 is 11.6 Å². The van der Waals surface area contributed by atoms with Crippen molar-refractivity contribution < 1.29 is 18.0 Å². The minimum Gasteiger partial charge on any atom is -0.321 e. The SMILES string of the molecule is O=C(Nc1cccc(CCl)c1)c1ccc(C(F)(F)F)cn1. The first-order chi connectivity index (χ1) is 9.90. The van der Waals surface area contributed by atoms with Crippen molar-refractivity contribution in [3.8, 4) is 0 Å². The van der Waals surface area contributed by atoms with E-state index in [1.807, 2.05) is 0 Å². The highest BCUT2D eigenvalue weighted by Crippen LogP contribution is 2.28. The molecule has 0 radical (unpaired) electrons. The lowest BCUT2D eigenvalue weighted by Gasteiger charge is -2.08. The molecule has 0 unspecified atom stereocenters. The number of amides is 1. The fraction of sp³-hybridized carbons (Fsp3) is 0.143. The zero-order chi connectivity index (χ0) is 15.5. The first-order valence-corrected chi connectivity index (χ1v) is 6.43. The van der Waals surface area contributed by atoms with Gasteiger partial charge in [0.05, 0.1) is 5.56 Å². The number of aromatic nitrogens is 1. The number of carbonyl (C=O) groups is 1. The number of benzene rings is 1. The summed E-state index contributed by atoms with van der Waals surface area (Å²) in [6.45, 7) is 0. The van der Waals surface area contributed by atoms with Gasteiger partial charge >= 0.3 is 6.18 Å². The molecule has 1 amide bonds. The van der Waals surface area contributed by atoms with Gasteiger partial charge in [-0.1, -0.05) is 12.1 Å². The van der Waals surface area contributed by atoms with Crippen LogP contribution in [0.2, 0.25) is 0 Å². The van der Waals surface area contributed by atoms with Gasteiger partial charge in [0.25, 0.3) is 5.91 Å². The van der Waals surface area contributed by atoms with Gasteiger partial charge < -0.3 is 5.32 Å². The maximum atomic E-state index is 12.4. The van der Waals surface area contributed by atoms with Crippen LogP contribution in [-0.2, 0) is 12.1 Å². The van der Waals surface area contributed by atoms with E-state index in [9.17, 15) is 18.0 Å². The molecule has 7 heteroatoms. The second-order valence-electron chi connectivity index (χ2n) is 4.22. The van der Waals surface area contributed by atoms with Crippen molar-refractivity contribution in [1.82, 2.24) is 4.98 Å². The molecule has 110 valence electrons. The normalized spacial score (nSPS) is 11.2. The van der Waals surface area contributed by atoms with Gasteiger partial charge in [-0.25, -0.2) is 0 Å². The van der Waals surface area contributed by atoms with Crippen molar-refractivity contribution in [1.29, 1.82) is 0 Å². The Morgan fingerprint density at radius 3 is 2.57 bits per heavy atom. The molecule has 0 saturated heterocycles. The molecule has 0 aliphatic carbocycles. The molecule has 0 aliphatic rings. The van der Waals surface area contributed by atoms with Gasteiger partial charge in [0.1, 0.15) is 5.69 Å². The highest BCUT2D eigenvalue weighted by Gasteiger charge is 2.30. The van der Waals surface area contributed by atoms with Gasteiger partial charge in [0.2, 0.25) is 0 Å². The lowest BCUT2D eigenvalue weighted by Crippen LogP contribution is -2.15. The highest BCUT2D eigenvalue weighted by molar-refractivity contribution is 6.17. The van der Waals surface area contributed by atoms with Gasteiger partial charge in [-0.2, -0.15) is 13.2 Å². The van der Waals surface area contributed by atoms with Crippen molar-refractivity contribution in [2.75, 3.05) is 5.32 Å². The van der Waals surface area contributed by atoms with Crippen LogP contribution in [0, 0.1) is 0 Å². The van der Waals surface area contributed by atoms with Crippen LogP contribution in [0.25, 0.3) is 0 Å². The quantitative estimate of drug-likeness (QED) is 0.867. The largest absolute Gasteiger partial charge is 0.417 e. The molecular weight excluding hydrogens is 305 g/mol. The summed E-state index contributed by atoms with van der Waals surface area (Å²) in [6, 6.07) is 8.68. The van der Waals surface area contributed by atoms with E-state index in [1.165, 1.54) is 0 Å². The summed E-state index contributed by atoms with van der Waals surface area (Å²) >= 11 is 5.68. The number of alkyl halides is 4. The summed E-state index contributed by atoms with van der Waals surface area (Å²) in [4.78, 5) is 15.4. The Hall–Kier alpha value is -2.08. The summed E-state index contributed by atoms with van der Waals surface area (Å²) in [5.74, 6) is -0.294. The van der Waals surface area contributed by atoms with E-state index < -0.39 is 17.6 Å². The van der Waals surface area contributed by atoms with Crippen molar-refractivity contribution in [2.45, 2.75) is 12.1 Å². The monoisotopic (exact) mass is 314 g/mol. The fourth-order valence-electron chi connectivity index (χ4n) is 1.62. The Morgan fingerprint density at radius 1 is 1.24 bits per heavy atom. The molecule has 2 aromatic rings. The maximum absolute atomic E-state index is 12.4. The Balaban J connectivity index is 2.13. The van der Waals surface area contributed by atoms with Gasteiger partial charge in [-0.05, 0) is 29.8 Å². The van der Waals surface area contributed by atoms with Crippen LogP contribution in [0.4, 0.5) is 18.9 Å². The molecule has 0 atom stereocenters. The maximum Gasteiger partial charge on any atom is 0.417 e. The van der Waals surface area contributed by atoms with E-state index in [1.54, 1.807) is 24.3 Å². The topological polar surface area (TPSA) is 42.0 Å². The van der Waals surface area contributed by atoms with Crippen molar-refractivity contribution in [3.63, 3.8) is 0 Å². The zero-order valence-electron chi connectivity index (χ0n) is 10.6. The molecular formula is C14H10ClF3N2O. The third-order valence-electron chi connectivity index (χ3n) is 2.66. The summed E-state index contributed by atoms with van der Waals surface area (Å²) in [7, 11) is 0. The Labute approximate surface area is 123 Å². The van der Waals surface area contributed by atoms with E-state index in [-0.39, 0.29) is 5.69 Å². The molecule has 0 fully saturated rings. The third-order valence-corrected chi connectivity index (χ3v) is 2.97. The average Bonchev–Trinajstić information content (AvgIpc) is 2.46. The summed E-state index contributed by atoms with van der Waals surface area (Å²) in [5.41, 5.74) is 0.317. The second-order valence-corrected chi connectivity index (χ2v) is 4.49. The number of anilines is 1. The smallest absolute Gasteiger partial charge is 0.321 e. The van der Waals surface area contributed by atoms with Crippen LogP contribution in [0.3, 0.4) is 0 Å². The van der Waals surface area contributed by atoms with Gasteiger partial charge in [-0.15, -0.1) is 11.6 Å². The molecule has 2 rings (SSSR count). The molecule has 1 heterocycles. The van der Waals surface area contributed by atoms with E-state index in [0.717, 1.165) is 17.7 Å². The molecule has 1 N–H and O–H groups in total. The van der Waals surface area contributed by atoms with Crippen molar-refractivity contribution in [2.24, 2.45) is 0 Å². The fourth-order valence-corrected chi connectivity index (χ4v) is 1.79. The van der Waals surface area contributed by atoms with Crippen LogP contribution in [0.1, 0.15) is 21.6 Å². The number of halogens is 4. The standard InChI is InChI=1S/C14H10ClF3N2O/c15-7-9-2-1-3-11(6-9)20-13(21)12-5-4-10(8-19-12)14(16,17)18/h1-6,8H,7H2,(H,20,21). The summed E-state index contributed by atoms with van der Waals surface area (Å²) < 4.78 is 37.2. The molecule has 3 nitrogen and oxygen atoms in total. The van der Waals surface area contributed by atoms with Crippen molar-refractivity contribution in [3.05, 3.63) is 59.4 Å². The lowest BCUT2D eigenvalue weighted by atomic mass is 10.2. The van der Waals surface area contributed by atoms with E-state index >= 15 is 0 Å². The van der Waals surface area contributed by atoms with Gasteiger partial charge in [-0.3, -0.25) is 9.78 Å². The molecule has 21 heavy (non-hydrogen) atoms. The highest BCUT2D eigenvalue weighted by atomic mass is 35.5. The molecule has 0 bridgehead atoms. The van der Waals surface area contributed by atoms with Crippen LogP contribution in [-0.4, -0.2) is 10.9 Å². The minimum absolute atomic E-state index is 0.0979. The van der Waals surface area contributed by atoms with Crippen LogP contribution in [0.15, 0.2) is 42.6 Å². The molecule has 1 aromatic heterocycles. The van der Waals surface area contributed by atoms with Crippen LogP contribution < -0.4 is 5.32 Å². The van der Waals surface area contributed by atoms with E-state index in [0.29, 0.717) is 17.8 Å². The number of nitrogens with zero attached hydrogens (tertiary/aromatic N) is 1. The Morgan fingerprint density at radius 2 is 2.00 bits per heavy atom. The Kier molecular flexibility index (Phi) is 4.47. The first kappa shape index (κ1) is 15.3. The number of rotatable bonds is 3. The van der Waals surface area contributed by atoms with Crippen molar-refractivity contribution >= 4 is 23.2 Å². The molecule has 0 aliphatic heterocycles. The molecule has 0 saturated carbocycles. The van der Waals surface area contributed by atoms with E-state index in [4.69, 9.17) is 11.6 Å². The summed E-state index contributed by atoms with van der Waals surface area (Å²) in [5, 5.41) is 2.55. The Bertz CT molecular complexity index is 641. The lowest BCUT2D eigenvalue weighted by molar-refractivity contribution is -0.137. The molecule has 0 spiro atoms. The second kappa shape index (κ2) is 6.13. The van der Waals surface area contributed by atoms with Crippen LogP contribution in [0.5, 0.6) is 0 Å². The number of pyridine rings is 1. The summed E-state index contributed by atoms with van der Waals surface area (Å²) in [6.07, 6.45) is -3.85. The zero-order valence-corrected chi connectivity index (χ0v) is 11.4. The number of carbonyl (C=O) groups excluding carboxylic acids is 1. The predicted molar refractivity (Wildman–Crippen MR) is 73.2 cm³/mol. The average molecular weight is 315 g/mol. The molecule has 1 aromatic carbocycles. The minimum atomic E-state index is -4.48. The van der Waals surface area contributed by atoms with Gasteiger partial charge in [0.15, 0.2) is 0 Å².